The number of amides is 1. The van der Waals surface area contributed by atoms with Crippen molar-refractivity contribution >= 4 is 23.2 Å². The maximum Gasteiger partial charge on any atom is 0.282 e. The second-order valence-corrected chi connectivity index (χ2v) is 2.68. The zero-order valence-corrected chi connectivity index (χ0v) is 7.04. The number of rotatable bonds is 2. The Morgan fingerprint density at radius 2 is 2.15 bits per heavy atom. The second-order valence-electron chi connectivity index (χ2n) is 2.25. The molecule has 0 spiro atoms. The lowest BCUT2D eigenvalue weighted by molar-refractivity contribution is -0.385. The van der Waals surface area contributed by atoms with Gasteiger partial charge in [-0.05, 0) is 12.1 Å². The minimum atomic E-state index is -1.12. The average Bonchev–Trinajstić information content (AvgIpc) is 2.03. The van der Waals surface area contributed by atoms with Crippen molar-refractivity contribution in [2.75, 3.05) is 0 Å². The average molecular weight is 200 g/mol. The summed E-state index contributed by atoms with van der Waals surface area (Å²) >= 11 is 5.51. The molecule has 0 heterocycles. The van der Waals surface area contributed by atoms with Crippen LogP contribution in [-0.4, -0.2) is 10.8 Å². The van der Waals surface area contributed by atoms with E-state index in [1.165, 1.54) is 6.07 Å². The molecule has 67 valence electrons. The van der Waals surface area contributed by atoms with E-state index in [1.807, 2.05) is 0 Å². The molecule has 1 amide bonds. The van der Waals surface area contributed by atoms with Crippen LogP contribution in [0.25, 0.3) is 0 Å². The normalized spacial score (nSPS) is 9.62. The minimum absolute atomic E-state index is 0.196. The molecule has 0 aromatic heterocycles. The lowest BCUT2D eigenvalue weighted by Crippen LogP contribution is -2.03. The first kappa shape index (κ1) is 9.47. The summed E-state index contributed by atoms with van der Waals surface area (Å²) in [6, 6.07) is 3.51. The first-order valence-corrected chi connectivity index (χ1v) is 3.60. The zero-order chi connectivity index (χ0) is 10.0. The third kappa shape index (κ3) is 1.94. The lowest BCUT2D eigenvalue weighted by atomic mass is 10.2. The molecule has 0 unspecified atom stereocenters. The number of hydrogen-bond donors (Lipinski definition) is 0. The van der Waals surface area contributed by atoms with Gasteiger partial charge in [-0.1, -0.05) is 11.6 Å². The molecule has 0 aliphatic rings. The van der Waals surface area contributed by atoms with Gasteiger partial charge in [-0.25, -0.2) is 0 Å². The van der Waals surface area contributed by atoms with Crippen LogP contribution in [0.4, 0.5) is 5.69 Å². The van der Waals surface area contributed by atoms with Crippen molar-refractivity contribution in [1.82, 2.24) is 5.73 Å². The van der Waals surface area contributed by atoms with Crippen molar-refractivity contribution in [3.63, 3.8) is 0 Å². The van der Waals surface area contributed by atoms with Crippen molar-refractivity contribution in [3.05, 3.63) is 38.9 Å². The van der Waals surface area contributed by atoms with Gasteiger partial charge in [-0.2, -0.15) is 0 Å². The molecule has 0 saturated heterocycles. The highest BCUT2D eigenvalue weighted by Crippen LogP contribution is 2.22. The molecule has 0 fully saturated rings. The molecular weight excluding hydrogens is 196 g/mol. The van der Waals surface area contributed by atoms with E-state index in [4.69, 9.17) is 17.3 Å². The fraction of sp³-hybridized carbons (Fsp3) is 0. The molecule has 0 bridgehead atoms. The topological polar surface area (TPSA) is 84.0 Å². The van der Waals surface area contributed by atoms with Crippen molar-refractivity contribution in [3.8, 4) is 0 Å². The second kappa shape index (κ2) is 3.40. The van der Waals surface area contributed by atoms with Crippen LogP contribution in [0.15, 0.2) is 18.2 Å². The summed E-state index contributed by atoms with van der Waals surface area (Å²) in [5.41, 5.74) is 6.05. The number of carbonyl (C=O) groups is 1. The maximum absolute atomic E-state index is 10.6. The van der Waals surface area contributed by atoms with Gasteiger partial charge in [0, 0.05) is 11.1 Å². The number of nitrogens with one attached hydrogen (secondary N) is 1. The van der Waals surface area contributed by atoms with Gasteiger partial charge in [0.15, 0.2) is 0 Å². The number of halogens is 1. The molecule has 0 saturated carbocycles. The Labute approximate surface area is 78.3 Å². The predicted octanol–water partition coefficient (Wildman–Crippen LogP) is 1.67. The van der Waals surface area contributed by atoms with Crippen LogP contribution in [0, 0.1) is 10.1 Å². The smallest absolute Gasteiger partial charge is 0.267 e. The van der Waals surface area contributed by atoms with Gasteiger partial charge in [0.2, 0.25) is 0 Å². The standard InChI is InChI=1S/C7H4ClN2O3/c8-4-1-2-6(10(12)13)5(3-4)7(9)11/h1-3,9H. The monoisotopic (exact) mass is 199 g/mol. The molecule has 1 aromatic rings. The van der Waals surface area contributed by atoms with E-state index in [-0.39, 0.29) is 10.6 Å². The Kier molecular flexibility index (Phi) is 2.48. The third-order valence-electron chi connectivity index (χ3n) is 1.40. The van der Waals surface area contributed by atoms with E-state index >= 15 is 0 Å². The number of benzene rings is 1. The number of carbonyl (C=O) groups excluding carboxylic acids is 1. The summed E-state index contributed by atoms with van der Waals surface area (Å²) in [7, 11) is 0. The maximum atomic E-state index is 10.6. The highest BCUT2D eigenvalue weighted by Gasteiger charge is 2.18. The minimum Gasteiger partial charge on any atom is -0.267 e. The fourth-order valence-corrected chi connectivity index (χ4v) is 1.02. The van der Waals surface area contributed by atoms with E-state index in [1.54, 1.807) is 0 Å². The van der Waals surface area contributed by atoms with Crippen LogP contribution in [0.3, 0.4) is 0 Å². The first-order valence-electron chi connectivity index (χ1n) is 3.22. The molecule has 1 radical (unpaired) electrons. The van der Waals surface area contributed by atoms with Crippen LogP contribution < -0.4 is 5.73 Å². The molecular formula is C7H4ClN2O3. The molecule has 0 aliphatic heterocycles. The zero-order valence-electron chi connectivity index (χ0n) is 6.28. The fourth-order valence-electron chi connectivity index (χ4n) is 0.849. The predicted molar refractivity (Wildman–Crippen MR) is 45.5 cm³/mol. The van der Waals surface area contributed by atoms with E-state index in [2.05, 4.69) is 0 Å². The molecule has 1 aromatic carbocycles. The van der Waals surface area contributed by atoms with Gasteiger partial charge in [0.25, 0.3) is 11.6 Å². The van der Waals surface area contributed by atoms with Crippen molar-refractivity contribution in [2.24, 2.45) is 0 Å². The highest BCUT2D eigenvalue weighted by molar-refractivity contribution is 6.31. The van der Waals surface area contributed by atoms with Crippen LogP contribution >= 0.6 is 11.6 Å². The van der Waals surface area contributed by atoms with Crippen molar-refractivity contribution in [2.45, 2.75) is 0 Å². The quantitative estimate of drug-likeness (QED) is 0.536. The summed E-state index contributed by atoms with van der Waals surface area (Å²) in [5, 5.41) is 10.6. The molecule has 5 nitrogen and oxygen atoms in total. The van der Waals surface area contributed by atoms with Gasteiger partial charge in [-0.15, -0.1) is 0 Å². The Bertz CT molecular complexity index is 378. The van der Waals surface area contributed by atoms with Crippen LogP contribution in [0.1, 0.15) is 10.4 Å². The van der Waals surface area contributed by atoms with Crippen molar-refractivity contribution in [1.29, 1.82) is 0 Å². The summed E-state index contributed by atoms with van der Waals surface area (Å²) in [4.78, 5) is 20.3. The number of hydrogen-bond acceptors (Lipinski definition) is 3. The largest absolute Gasteiger partial charge is 0.282 e. The van der Waals surface area contributed by atoms with E-state index in [0.717, 1.165) is 12.1 Å². The van der Waals surface area contributed by atoms with Crippen LogP contribution in [0.5, 0.6) is 0 Å². The molecule has 1 N–H and O–H groups in total. The number of nitro groups is 1. The Hall–Kier alpha value is -1.62. The van der Waals surface area contributed by atoms with Gasteiger partial charge >= 0.3 is 0 Å². The Morgan fingerprint density at radius 3 is 2.62 bits per heavy atom. The summed E-state index contributed by atoms with van der Waals surface area (Å²) in [6.07, 6.45) is 0. The summed E-state index contributed by atoms with van der Waals surface area (Å²) in [5.74, 6) is -1.12. The molecule has 13 heavy (non-hydrogen) atoms. The van der Waals surface area contributed by atoms with Crippen LogP contribution in [0.2, 0.25) is 5.02 Å². The molecule has 1 rings (SSSR count). The van der Waals surface area contributed by atoms with Crippen molar-refractivity contribution < 1.29 is 9.72 Å². The van der Waals surface area contributed by atoms with Gasteiger partial charge in [0.1, 0.15) is 5.56 Å². The molecule has 0 aliphatic carbocycles. The summed E-state index contributed by atoms with van der Waals surface area (Å²) < 4.78 is 0. The van der Waals surface area contributed by atoms with E-state index in [0.29, 0.717) is 0 Å². The lowest BCUT2D eigenvalue weighted by Gasteiger charge is -1.97. The SMILES string of the molecule is [NH]C(=O)c1cc(Cl)ccc1[N+](=O)[O-]. The van der Waals surface area contributed by atoms with Gasteiger partial charge in [-0.3, -0.25) is 20.6 Å². The Balaban J connectivity index is 3.35. The van der Waals surface area contributed by atoms with E-state index < -0.39 is 16.5 Å². The highest BCUT2D eigenvalue weighted by atomic mass is 35.5. The molecule has 0 atom stereocenters. The van der Waals surface area contributed by atoms with Crippen LogP contribution in [-0.2, 0) is 0 Å². The Morgan fingerprint density at radius 1 is 1.54 bits per heavy atom. The summed E-state index contributed by atoms with van der Waals surface area (Å²) in [6.45, 7) is 0. The first-order chi connectivity index (χ1) is 6.02. The van der Waals surface area contributed by atoms with Gasteiger partial charge < -0.3 is 0 Å². The molecule has 6 heteroatoms. The number of nitro benzene ring substituents is 1. The van der Waals surface area contributed by atoms with E-state index in [9.17, 15) is 14.9 Å². The third-order valence-corrected chi connectivity index (χ3v) is 1.64. The van der Waals surface area contributed by atoms with Gasteiger partial charge in [0.05, 0.1) is 4.92 Å². The number of nitrogens with zero attached hydrogens (tertiary/aromatic N) is 1.